The quantitative estimate of drug-likeness (QED) is 0.209. The molecule has 0 saturated carbocycles. The van der Waals surface area contributed by atoms with Crippen molar-refractivity contribution in [2.45, 2.75) is 6.42 Å². The maximum atomic E-state index is 13.5. The Morgan fingerprint density at radius 2 is 1.75 bits per heavy atom. The molecule has 0 bridgehead atoms. The zero-order valence-electron chi connectivity index (χ0n) is 12.8. The SMILES string of the molecule is Fc1ccc2nc3c(cc(OCCCBr)c4ccccc43)nc2c1. The predicted octanol–water partition coefficient (Wildman–Crippen LogP) is 5.24. The van der Waals surface area contributed by atoms with E-state index in [9.17, 15) is 4.39 Å². The van der Waals surface area contributed by atoms with Gasteiger partial charge < -0.3 is 4.74 Å². The average Bonchev–Trinajstić information content (AvgIpc) is 2.60. The Morgan fingerprint density at radius 1 is 0.917 bits per heavy atom. The molecule has 0 N–H and O–H groups in total. The molecular formula is C19H14BrFN2O. The fraction of sp³-hybridized carbons (Fsp3) is 0.158. The number of halogens is 2. The highest BCUT2D eigenvalue weighted by Crippen LogP contribution is 2.32. The predicted molar refractivity (Wildman–Crippen MR) is 98.4 cm³/mol. The van der Waals surface area contributed by atoms with Crippen molar-refractivity contribution in [3.8, 4) is 5.75 Å². The standard InChI is InChI=1S/C19H14BrFN2O/c20-8-3-9-24-18-11-17-19(14-5-2-1-4-13(14)18)23-15-7-6-12(21)10-16(15)22-17/h1-2,4-7,10-11H,3,8-9H2. The fourth-order valence-corrected chi connectivity index (χ4v) is 3.03. The van der Waals surface area contributed by atoms with Gasteiger partial charge in [-0.05, 0) is 18.6 Å². The number of benzene rings is 3. The number of alkyl halides is 1. The van der Waals surface area contributed by atoms with E-state index in [1.807, 2.05) is 30.3 Å². The van der Waals surface area contributed by atoms with Crippen molar-refractivity contribution in [1.82, 2.24) is 9.97 Å². The Balaban J connectivity index is 1.99. The molecule has 0 unspecified atom stereocenters. The largest absolute Gasteiger partial charge is 0.493 e. The number of aromatic nitrogens is 2. The molecule has 0 aliphatic heterocycles. The highest BCUT2D eigenvalue weighted by molar-refractivity contribution is 9.09. The minimum atomic E-state index is -0.314. The van der Waals surface area contributed by atoms with Crippen LogP contribution >= 0.6 is 15.9 Å². The lowest BCUT2D eigenvalue weighted by molar-refractivity contribution is 0.323. The Bertz CT molecular complexity index is 1050. The van der Waals surface area contributed by atoms with E-state index in [0.717, 1.165) is 33.8 Å². The molecule has 0 aliphatic rings. The smallest absolute Gasteiger partial charge is 0.129 e. The number of ether oxygens (including phenoxy) is 1. The maximum Gasteiger partial charge on any atom is 0.129 e. The second kappa shape index (κ2) is 6.32. The maximum absolute atomic E-state index is 13.5. The number of fused-ring (bicyclic) bond motifs is 4. The summed E-state index contributed by atoms with van der Waals surface area (Å²) in [6, 6.07) is 14.4. The molecule has 3 aromatic carbocycles. The van der Waals surface area contributed by atoms with E-state index in [4.69, 9.17) is 9.72 Å². The van der Waals surface area contributed by atoms with Crippen LogP contribution in [0.25, 0.3) is 32.8 Å². The third-order valence-electron chi connectivity index (χ3n) is 3.90. The molecule has 5 heteroatoms. The van der Waals surface area contributed by atoms with Gasteiger partial charge in [0.15, 0.2) is 0 Å². The van der Waals surface area contributed by atoms with Crippen molar-refractivity contribution < 1.29 is 9.13 Å². The van der Waals surface area contributed by atoms with Crippen LogP contribution in [-0.2, 0) is 0 Å². The second-order valence-corrected chi connectivity index (χ2v) is 6.33. The first-order valence-corrected chi connectivity index (χ1v) is 8.86. The first kappa shape index (κ1) is 15.3. The van der Waals surface area contributed by atoms with Crippen molar-refractivity contribution in [3.05, 3.63) is 54.3 Å². The normalized spacial score (nSPS) is 11.4. The molecule has 24 heavy (non-hydrogen) atoms. The molecule has 1 aromatic heterocycles. The lowest BCUT2D eigenvalue weighted by Gasteiger charge is -2.11. The molecule has 0 amide bonds. The van der Waals surface area contributed by atoms with Crippen LogP contribution in [-0.4, -0.2) is 21.9 Å². The molecule has 0 aliphatic carbocycles. The Morgan fingerprint density at radius 3 is 2.58 bits per heavy atom. The van der Waals surface area contributed by atoms with E-state index >= 15 is 0 Å². The van der Waals surface area contributed by atoms with Crippen LogP contribution in [0.1, 0.15) is 6.42 Å². The highest BCUT2D eigenvalue weighted by atomic mass is 79.9. The minimum Gasteiger partial charge on any atom is -0.493 e. The number of nitrogens with zero attached hydrogens (tertiary/aromatic N) is 2. The van der Waals surface area contributed by atoms with Crippen molar-refractivity contribution in [2.75, 3.05) is 11.9 Å². The van der Waals surface area contributed by atoms with Crippen molar-refractivity contribution in [3.63, 3.8) is 0 Å². The van der Waals surface area contributed by atoms with Gasteiger partial charge in [0.25, 0.3) is 0 Å². The molecule has 0 spiro atoms. The molecular weight excluding hydrogens is 371 g/mol. The summed E-state index contributed by atoms with van der Waals surface area (Å²) in [6.45, 7) is 0.621. The van der Waals surface area contributed by atoms with E-state index < -0.39 is 0 Å². The first-order chi connectivity index (χ1) is 11.8. The van der Waals surface area contributed by atoms with E-state index in [0.29, 0.717) is 23.2 Å². The third kappa shape index (κ3) is 2.69. The summed E-state index contributed by atoms with van der Waals surface area (Å²) in [4.78, 5) is 9.28. The van der Waals surface area contributed by atoms with Gasteiger partial charge in [0.05, 0.1) is 28.7 Å². The van der Waals surface area contributed by atoms with Crippen LogP contribution in [0.3, 0.4) is 0 Å². The molecule has 120 valence electrons. The average molecular weight is 385 g/mol. The van der Waals surface area contributed by atoms with Gasteiger partial charge in [-0.15, -0.1) is 0 Å². The lowest BCUT2D eigenvalue weighted by atomic mass is 10.1. The zero-order valence-corrected chi connectivity index (χ0v) is 14.4. The molecule has 1 heterocycles. The molecule has 3 nitrogen and oxygen atoms in total. The van der Waals surface area contributed by atoms with Crippen LogP contribution in [0.15, 0.2) is 48.5 Å². The Labute approximate surface area is 146 Å². The van der Waals surface area contributed by atoms with E-state index in [-0.39, 0.29) is 5.82 Å². The monoisotopic (exact) mass is 384 g/mol. The van der Waals surface area contributed by atoms with Gasteiger partial charge in [-0.25, -0.2) is 14.4 Å². The van der Waals surface area contributed by atoms with Crippen LogP contribution in [0, 0.1) is 5.82 Å². The number of hydrogen-bond acceptors (Lipinski definition) is 3. The molecule has 0 atom stereocenters. The summed E-state index contributed by atoms with van der Waals surface area (Å²) in [5.41, 5.74) is 2.74. The summed E-state index contributed by atoms with van der Waals surface area (Å²) in [5, 5.41) is 2.89. The van der Waals surface area contributed by atoms with Gasteiger partial charge in [-0.3, -0.25) is 0 Å². The van der Waals surface area contributed by atoms with E-state index in [2.05, 4.69) is 20.9 Å². The van der Waals surface area contributed by atoms with Crippen LogP contribution in [0.5, 0.6) is 5.75 Å². The van der Waals surface area contributed by atoms with Crippen molar-refractivity contribution in [2.24, 2.45) is 0 Å². The zero-order chi connectivity index (χ0) is 16.5. The Hall–Kier alpha value is -2.27. The van der Waals surface area contributed by atoms with E-state index in [1.165, 1.54) is 12.1 Å². The van der Waals surface area contributed by atoms with E-state index in [1.54, 1.807) is 6.07 Å². The second-order valence-electron chi connectivity index (χ2n) is 5.54. The Kier molecular flexibility index (Phi) is 4.02. The summed E-state index contributed by atoms with van der Waals surface area (Å²) in [5.74, 6) is 0.467. The van der Waals surface area contributed by atoms with Gasteiger partial charge in [0.1, 0.15) is 11.6 Å². The third-order valence-corrected chi connectivity index (χ3v) is 4.46. The molecule has 0 radical (unpaired) electrons. The highest BCUT2D eigenvalue weighted by Gasteiger charge is 2.11. The number of hydrogen-bond donors (Lipinski definition) is 0. The summed E-state index contributed by atoms with van der Waals surface area (Å²) in [6.07, 6.45) is 0.918. The van der Waals surface area contributed by atoms with Gasteiger partial charge in [-0.2, -0.15) is 0 Å². The van der Waals surface area contributed by atoms with Crippen molar-refractivity contribution in [1.29, 1.82) is 0 Å². The van der Waals surface area contributed by atoms with Crippen LogP contribution in [0.4, 0.5) is 4.39 Å². The van der Waals surface area contributed by atoms with Gasteiger partial charge in [0, 0.05) is 28.2 Å². The topological polar surface area (TPSA) is 35.0 Å². The summed E-state index contributed by atoms with van der Waals surface area (Å²) in [7, 11) is 0. The molecule has 0 fully saturated rings. The van der Waals surface area contributed by atoms with Crippen molar-refractivity contribution >= 4 is 48.8 Å². The molecule has 4 aromatic rings. The summed E-state index contributed by atoms with van der Waals surface area (Å²) >= 11 is 3.41. The first-order valence-electron chi connectivity index (χ1n) is 7.74. The van der Waals surface area contributed by atoms with Crippen LogP contribution < -0.4 is 4.74 Å². The van der Waals surface area contributed by atoms with Gasteiger partial charge in [-0.1, -0.05) is 40.2 Å². The molecule has 4 rings (SSSR count). The van der Waals surface area contributed by atoms with Gasteiger partial charge in [0.2, 0.25) is 0 Å². The van der Waals surface area contributed by atoms with Gasteiger partial charge >= 0.3 is 0 Å². The number of rotatable bonds is 4. The fourth-order valence-electron chi connectivity index (χ4n) is 2.80. The summed E-state index contributed by atoms with van der Waals surface area (Å²) < 4.78 is 19.4. The van der Waals surface area contributed by atoms with Crippen LogP contribution in [0.2, 0.25) is 0 Å². The minimum absolute atomic E-state index is 0.314. The lowest BCUT2D eigenvalue weighted by Crippen LogP contribution is -1.99. The molecule has 0 saturated heterocycles.